The molecular formula is C6H15O4P. The van der Waals surface area contributed by atoms with Gasteiger partial charge in [0.05, 0.1) is 13.2 Å². The summed E-state index contributed by atoms with van der Waals surface area (Å²) in [6.07, 6.45) is 3.42. The second kappa shape index (κ2) is 5.75. The average Bonchev–Trinajstić information content (AvgIpc) is 1.85. The fraction of sp³-hybridized carbons (Fsp3) is 0.833. The molecule has 0 aliphatic rings. The molecule has 1 N–H and O–H groups in total. The Kier molecular flexibility index (Phi) is 5.82. The van der Waals surface area contributed by atoms with Gasteiger partial charge >= 0.3 is 0 Å². The van der Waals surface area contributed by atoms with Gasteiger partial charge in [-0.15, -0.1) is 0 Å². The minimum absolute atomic E-state index is 0.0770. The van der Waals surface area contributed by atoms with Crippen LogP contribution < -0.4 is 0 Å². The predicted octanol–water partition coefficient (Wildman–Crippen LogP) is 0.525. The Morgan fingerprint density at radius 2 is 2.09 bits per heavy atom. The minimum atomic E-state index is -2.38. The third-order valence-electron chi connectivity index (χ3n) is 0.846. The summed E-state index contributed by atoms with van der Waals surface area (Å²) in [5.74, 6) is 0. The zero-order chi connectivity index (χ0) is 8.74. The van der Waals surface area contributed by atoms with E-state index in [1.165, 1.54) is 0 Å². The van der Waals surface area contributed by atoms with E-state index in [9.17, 15) is 0 Å². The Bertz CT molecular complexity index is 131. The molecule has 0 amide bonds. The van der Waals surface area contributed by atoms with Crippen LogP contribution in [0.1, 0.15) is 0 Å². The fourth-order valence-corrected chi connectivity index (χ4v) is 0.654. The molecule has 0 aromatic rings. The second-order valence-corrected chi connectivity index (χ2v) is 4.56. The molecule has 0 aliphatic carbocycles. The van der Waals surface area contributed by atoms with E-state index in [2.05, 4.69) is 6.30 Å². The van der Waals surface area contributed by atoms with Gasteiger partial charge in [0, 0.05) is 13.8 Å². The van der Waals surface area contributed by atoms with E-state index in [1.54, 1.807) is 13.8 Å². The van der Waals surface area contributed by atoms with Crippen LogP contribution in [-0.2, 0) is 14.0 Å². The Hall–Kier alpha value is 0.140. The molecule has 0 spiro atoms. The molecule has 1 atom stereocenters. The first-order valence-corrected chi connectivity index (χ1v) is 5.50. The number of hydrogen-bond donors (Lipinski definition) is 1. The van der Waals surface area contributed by atoms with Gasteiger partial charge in [0.2, 0.25) is 0 Å². The standard InChI is InChI=1S/C6H15O4P/c1-8-4-5-9-6-10-11(2,3)7/h7H,2,4-6H2,1,3H3. The molecule has 0 bridgehead atoms. The van der Waals surface area contributed by atoms with Crippen LogP contribution in [0.4, 0.5) is 0 Å². The highest BCUT2D eigenvalue weighted by Gasteiger charge is 1.99. The Balaban J connectivity index is 3.09. The van der Waals surface area contributed by atoms with Gasteiger partial charge in [-0.25, -0.2) is 0 Å². The maximum atomic E-state index is 9.04. The third-order valence-corrected chi connectivity index (χ3v) is 1.51. The van der Waals surface area contributed by atoms with E-state index in [0.717, 1.165) is 0 Å². The second-order valence-electron chi connectivity index (χ2n) is 2.20. The number of hydrogen-bond acceptors (Lipinski definition) is 4. The summed E-state index contributed by atoms with van der Waals surface area (Å²) in [5, 5.41) is 0. The van der Waals surface area contributed by atoms with Gasteiger partial charge in [-0.05, 0) is 0 Å². The van der Waals surface area contributed by atoms with Gasteiger partial charge in [-0.2, -0.15) is 0 Å². The number of ether oxygens (including phenoxy) is 2. The molecule has 0 rings (SSSR count). The monoisotopic (exact) mass is 182 g/mol. The van der Waals surface area contributed by atoms with Crippen LogP contribution in [0.5, 0.6) is 0 Å². The summed E-state index contributed by atoms with van der Waals surface area (Å²) in [6.45, 7) is 2.62. The van der Waals surface area contributed by atoms with Gasteiger partial charge in [0.15, 0.2) is 6.79 Å². The van der Waals surface area contributed by atoms with Gasteiger partial charge in [0.25, 0.3) is 0 Å². The predicted molar refractivity (Wildman–Crippen MR) is 46.0 cm³/mol. The maximum Gasteiger partial charge on any atom is 0.153 e. The van der Waals surface area contributed by atoms with E-state index in [-0.39, 0.29) is 6.79 Å². The Morgan fingerprint density at radius 3 is 2.55 bits per heavy atom. The van der Waals surface area contributed by atoms with Crippen LogP contribution in [-0.4, -0.2) is 45.0 Å². The first-order valence-electron chi connectivity index (χ1n) is 3.21. The normalized spacial score (nSPS) is 16.3. The smallest absolute Gasteiger partial charge is 0.153 e. The highest BCUT2D eigenvalue weighted by atomic mass is 31.2. The first-order chi connectivity index (χ1) is 5.06. The van der Waals surface area contributed by atoms with Gasteiger partial charge in [-0.1, -0.05) is 6.30 Å². The summed E-state index contributed by atoms with van der Waals surface area (Å²) < 4.78 is 14.5. The highest BCUT2D eigenvalue weighted by Crippen LogP contribution is 2.35. The van der Waals surface area contributed by atoms with Crippen LogP contribution in [0.25, 0.3) is 0 Å². The molecule has 0 aliphatic heterocycles. The zero-order valence-corrected chi connectivity index (χ0v) is 7.84. The number of rotatable bonds is 6. The molecule has 0 radical (unpaired) electrons. The molecular weight excluding hydrogens is 167 g/mol. The van der Waals surface area contributed by atoms with Crippen molar-refractivity contribution in [2.24, 2.45) is 0 Å². The lowest BCUT2D eigenvalue weighted by molar-refractivity contribution is -0.00765. The van der Waals surface area contributed by atoms with Gasteiger partial charge in [-0.3, -0.25) is 0 Å². The summed E-state index contributed by atoms with van der Waals surface area (Å²) >= 11 is 0. The summed E-state index contributed by atoms with van der Waals surface area (Å²) in [4.78, 5) is 9.04. The lowest BCUT2D eigenvalue weighted by atomic mass is 10.8. The SMILES string of the molecule is C=P(C)(O)OCOCCOC. The molecule has 0 fully saturated rings. The first kappa shape index (κ1) is 11.1. The van der Waals surface area contributed by atoms with Crippen molar-refractivity contribution in [2.45, 2.75) is 0 Å². The van der Waals surface area contributed by atoms with Crippen LogP contribution in [0.15, 0.2) is 0 Å². The van der Waals surface area contributed by atoms with E-state index >= 15 is 0 Å². The van der Waals surface area contributed by atoms with E-state index in [4.69, 9.17) is 18.9 Å². The molecule has 0 saturated carbocycles. The van der Waals surface area contributed by atoms with Crippen molar-refractivity contribution >= 4 is 13.6 Å². The fourth-order valence-electron chi connectivity index (χ4n) is 0.352. The van der Waals surface area contributed by atoms with E-state index in [1.807, 2.05) is 0 Å². The van der Waals surface area contributed by atoms with Crippen molar-refractivity contribution in [1.29, 1.82) is 0 Å². The summed E-state index contributed by atoms with van der Waals surface area (Å²) in [6, 6.07) is 0. The molecule has 68 valence electrons. The topological polar surface area (TPSA) is 47.9 Å². The van der Waals surface area contributed by atoms with E-state index in [0.29, 0.717) is 13.2 Å². The Morgan fingerprint density at radius 1 is 1.45 bits per heavy atom. The van der Waals surface area contributed by atoms with Crippen LogP contribution in [0.2, 0.25) is 0 Å². The van der Waals surface area contributed by atoms with Crippen molar-refractivity contribution in [3.05, 3.63) is 0 Å². The third kappa shape index (κ3) is 10.1. The van der Waals surface area contributed by atoms with Crippen molar-refractivity contribution in [2.75, 3.05) is 33.8 Å². The van der Waals surface area contributed by atoms with Crippen LogP contribution >= 0.6 is 7.34 Å². The largest absolute Gasteiger partial charge is 0.382 e. The number of methoxy groups -OCH3 is 1. The van der Waals surface area contributed by atoms with Crippen LogP contribution in [0, 0.1) is 0 Å². The molecule has 4 nitrogen and oxygen atoms in total. The van der Waals surface area contributed by atoms with Crippen molar-refractivity contribution in [1.82, 2.24) is 0 Å². The minimum Gasteiger partial charge on any atom is -0.382 e. The molecule has 5 heteroatoms. The lowest BCUT2D eigenvalue weighted by Gasteiger charge is -2.11. The molecule has 11 heavy (non-hydrogen) atoms. The lowest BCUT2D eigenvalue weighted by Crippen LogP contribution is -2.04. The maximum absolute atomic E-state index is 9.04. The summed E-state index contributed by atoms with van der Waals surface area (Å²) in [5.41, 5.74) is 0. The quantitative estimate of drug-likeness (QED) is 0.369. The molecule has 0 aromatic heterocycles. The zero-order valence-electron chi connectivity index (χ0n) is 6.95. The molecule has 0 saturated heterocycles. The molecule has 1 unspecified atom stereocenters. The van der Waals surface area contributed by atoms with Crippen molar-refractivity contribution < 1.29 is 18.9 Å². The van der Waals surface area contributed by atoms with Crippen molar-refractivity contribution in [3.8, 4) is 0 Å². The molecule has 0 aromatic carbocycles. The Labute approximate surface area is 67.2 Å². The van der Waals surface area contributed by atoms with Crippen LogP contribution in [0.3, 0.4) is 0 Å². The van der Waals surface area contributed by atoms with Gasteiger partial charge in [0.1, 0.15) is 7.34 Å². The summed E-state index contributed by atoms with van der Waals surface area (Å²) in [7, 11) is -0.788. The van der Waals surface area contributed by atoms with Gasteiger partial charge < -0.3 is 18.9 Å². The van der Waals surface area contributed by atoms with E-state index < -0.39 is 7.34 Å². The average molecular weight is 182 g/mol. The molecule has 0 heterocycles. The highest BCUT2D eigenvalue weighted by molar-refractivity contribution is 7.62. The van der Waals surface area contributed by atoms with Crippen molar-refractivity contribution in [3.63, 3.8) is 0 Å².